The van der Waals surface area contributed by atoms with Crippen LogP contribution >= 0.6 is 0 Å². The van der Waals surface area contributed by atoms with E-state index in [4.69, 9.17) is 15.6 Å². The molecule has 0 heterocycles. The lowest BCUT2D eigenvalue weighted by Crippen LogP contribution is -2.30. The zero-order valence-corrected chi connectivity index (χ0v) is 6.12. The zero-order valence-electron chi connectivity index (χ0n) is 6.12. The predicted octanol–water partition coefficient (Wildman–Crippen LogP) is -0.125. The van der Waals surface area contributed by atoms with Gasteiger partial charge in [-0.1, -0.05) is 0 Å². The first-order valence-electron chi connectivity index (χ1n) is 3.82. The van der Waals surface area contributed by atoms with Crippen LogP contribution in [-0.4, -0.2) is 30.5 Å². The summed E-state index contributed by atoms with van der Waals surface area (Å²) in [6.45, 7) is 0.702. The number of hydrogen-bond acceptors (Lipinski definition) is 3. The zero-order chi connectivity index (χ0) is 7.40. The van der Waals surface area contributed by atoms with Crippen LogP contribution < -0.4 is 5.73 Å². The number of rotatable bonds is 4. The molecule has 0 aromatic heterocycles. The van der Waals surface area contributed by atoms with Gasteiger partial charge >= 0.3 is 0 Å². The molecular weight excluding hydrogens is 130 g/mol. The Morgan fingerprint density at radius 2 is 2.30 bits per heavy atom. The summed E-state index contributed by atoms with van der Waals surface area (Å²) in [5.41, 5.74) is 5.19. The molecule has 0 aromatic rings. The van der Waals surface area contributed by atoms with Gasteiger partial charge in [0.25, 0.3) is 0 Å². The number of ether oxygens (including phenoxy) is 1. The predicted molar refractivity (Wildman–Crippen MR) is 38.7 cm³/mol. The molecule has 0 aliphatic heterocycles. The normalized spacial score (nSPS) is 22.2. The first-order chi connectivity index (χ1) is 4.83. The van der Waals surface area contributed by atoms with Gasteiger partial charge in [-0.05, 0) is 19.3 Å². The fraction of sp³-hybridized carbons (Fsp3) is 1.00. The molecule has 60 valence electrons. The summed E-state index contributed by atoms with van der Waals surface area (Å²) in [4.78, 5) is 0. The molecule has 1 unspecified atom stereocenters. The smallest absolute Gasteiger partial charge is 0.0895 e. The summed E-state index contributed by atoms with van der Waals surface area (Å²) in [6, 6.07) is 0. The molecular formula is C7H15NO2. The Labute approximate surface area is 61.2 Å². The highest BCUT2D eigenvalue weighted by Gasteiger charge is 2.18. The van der Waals surface area contributed by atoms with Crippen molar-refractivity contribution in [3.63, 3.8) is 0 Å². The van der Waals surface area contributed by atoms with Crippen LogP contribution in [0.4, 0.5) is 0 Å². The number of nitrogens with two attached hydrogens (primary N) is 1. The van der Waals surface area contributed by atoms with Crippen molar-refractivity contribution >= 4 is 0 Å². The number of hydrogen-bond donors (Lipinski definition) is 2. The summed E-state index contributed by atoms with van der Waals surface area (Å²) in [5, 5.41) is 8.98. The largest absolute Gasteiger partial charge is 0.389 e. The van der Waals surface area contributed by atoms with Crippen LogP contribution in [0.5, 0.6) is 0 Å². The molecule has 3 heteroatoms. The van der Waals surface area contributed by atoms with Crippen molar-refractivity contribution < 1.29 is 9.84 Å². The Morgan fingerprint density at radius 3 is 2.70 bits per heavy atom. The van der Waals surface area contributed by atoms with Gasteiger partial charge in [0.15, 0.2) is 0 Å². The fourth-order valence-corrected chi connectivity index (χ4v) is 0.853. The molecule has 10 heavy (non-hydrogen) atoms. The third kappa shape index (κ3) is 2.25. The first-order valence-corrected chi connectivity index (χ1v) is 3.82. The second-order valence-electron chi connectivity index (χ2n) is 2.78. The molecule has 1 atom stereocenters. The van der Waals surface area contributed by atoms with Gasteiger partial charge in [0.2, 0.25) is 0 Å². The molecule has 0 bridgehead atoms. The average molecular weight is 145 g/mol. The van der Waals surface area contributed by atoms with Crippen molar-refractivity contribution in [2.75, 3.05) is 13.2 Å². The van der Waals surface area contributed by atoms with E-state index in [2.05, 4.69) is 0 Å². The Balaban J connectivity index is 1.93. The van der Waals surface area contributed by atoms with Crippen LogP contribution in [0.1, 0.15) is 19.3 Å². The molecule has 1 aliphatic rings. The van der Waals surface area contributed by atoms with Gasteiger partial charge in [0.05, 0.1) is 18.8 Å². The van der Waals surface area contributed by atoms with Gasteiger partial charge < -0.3 is 15.6 Å². The lowest BCUT2D eigenvalue weighted by molar-refractivity contribution is -0.0391. The summed E-state index contributed by atoms with van der Waals surface area (Å²) < 4.78 is 5.30. The summed E-state index contributed by atoms with van der Waals surface area (Å²) in [7, 11) is 0. The standard InChI is InChI=1S/C7H15NO2/c8-4-6(9)5-10-7-2-1-3-7/h6-7,9H,1-5,8H2. The van der Waals surface area contributed by atoms with E-state index in [1.54, 1.807) is 0 Å². The van der Waals surface area contributed by atoms with E-state index in [1.165, 1.54) is 6.42 Å². The van der Waals surface area contributed by atoms with Crippen LogP contribution in [0, 0.1) is 0 Å². The van der Waals surface area contributed by atoms with E-state index in [1.807, 2.05) is 0 Å². The second kappa shape index (κ2) is 3.91. The van der Waals surface area contributed by atoms with Crippen LogP contribution in [-0.2, 0) is 4.74 Å². The highest BCUT2D eigenvalue weighted by atomic mass is 16.5. The lowest BCUT2D eigenvalue weighted by atomic mass is 9.96. The maximum atomic E-state index is 8.98. The minimum atomic E-state index is -0.472. The topological polar surface area (TPSA) is 55.5 Å². The molecule has 0 saturated heterocycles. The highest BCUT2D eigenvalue weighted by molar-refractivity contribution is 4.69. The van der Waals surface area contributed by atoms with Crippen molar-refractivity contribution in [2.24, 2.45) is 5.73 Å². The van der Waals surface area contributed by atoms with Crippen LogP contribution in [0.25, 0.3) is 0 Å². The summed E-state index contributed by atoms with van der Waals surface area (Å²) >= 11 is 0. The summed E-state index contributed by atoms with van der Waals surface area (Å²) in [5.74, 6) is 0. The van der Waals surface area contributed by atoms with Crippen molar-refractivity contribution in [1.29, 1.82) is 0 Å². The minimum Gasteiger partial charge on any atom is -0.389 e. The molecule has 3 N–H and O–H groups in total. The molecule has 0 aromatic carbocycles. The minimum absolute atomic E-state index is 0.298. The Hall–Kier alpha value is -0.120. The second-order valence-corrected chi connectivity index (χ2v) is 2.78. The number of aliphatic hydroxyl groups excluding tert-OH is 1. The van der Waals surface area contributed by atoms with Gasteiger partial charge in [0.1, 0.15) is 0 Å². The van der Waals surface area contributed by atoms with Crippen molar-refractivity contribution in [3.05, 3.63) is 0 Å². The maximum Gasteiger partial charge on any atom is 0.0895 e. The van der Waals surface area contributed by atoms with E-state index >= 15 is 0 Å². The molecule has 3 nitrogen and oxygen atoms in total. The molecule has 0 spiro atoms. The third-order valence-electron chi connectivity index (χ3n) is 1.85. The Bertz CT molecular complexity index is 88.9. The van der Waals surface area contributed by atoms with Gasteiger partial charge in [-0.3, -0.25) is 0 Å². The fourth-order valence-electron chi connectivity index (χ4n) is 0.853. The third-order valence-corrected chi connectivity index (χ3v) is 1.85. The molecule has 1 aliphatic carbocycles. The van der Waals surface area contributed by atoms with Crippen LogP contribution in [0.3, 0.4) is 0 Å². The Kier molecular flexibility index (Phi) is 3.12. The van der Waals surface area contributed by atoms with Crippen molar-refractivity contribution in [1.82, 2.24) is 0 Å². The molecule has 0 amide bonds. The Morgan fingerprint density at radius 1 is 1.60 bits per heavy atom. The van der Waals surface area contributed by atoms with Crippen molar-refractivity contribution in [3.8, 4) is 0 Å². The lowest BCUT2D eigenvalue weighted by Gasteiger charge is -2.26. The molecule has 1 saturated carbocycles. The van der Waals surface area contributed by atoms with Gasteiger partial charge in [-0.25, -0.2) is 0 Å². The van der Waals surface area contributed by atoms with Crippen molar-refractivity contribution in [2.45, 2.75) is 31.5 Å². The van der Waals surface area contributed by atoms with Gasteiger partial charge in [0, 0.05) is 6.54 Å². The highest BCUT2D eigenvalue weighted by Crippen LogP contribution is 2.21. The monoisotopic (exact) mass is 145 g/mol. The average Bonchev–Trinajstić information content (AvgIpc) is 1.84. The van der Waals surface area contributed by atoms with E-state index in [0.717, 1.165) is 12.8 Å². The van der Waals surface area contributed by atoms with E-state index < -0.39 is 6.10 Å². The molecule has 1 fully saturated rings. The van der Waals surface area contributed by atoms with Gasteiger partial charge in [-0.15, -0.1) is 0 Å². The first kappa shape index (κ1) is 7.98. The van der Waals surface area contributed by atoms with E-state index in [-0.39, 0.29) is 0 Å². The summed E-state index contributed by atoms with van der Waals surface area (Å²) in [6.07, 6.45) is 3.50. The SMILES string of the molecule is NCC(O)COC1CCC1. The quantitative estimate of drug-likeness (QED) is 0.579. The maximum absolute atomic E-state index is 8.98. The van der Waals surface area contributed by atoms with E-state index in [0.29, 0.717) is 19.3 Å². The van der Waals surface area contributed by atoms with Gasteiger partial charge in [-0.2, -0.15) is 0 Å². The van der Waals surface area contributed by atoms with Crippen LogP contribution in [0.2, 0.25) is 0 Å². The molecule has 0 radical (unpaired) electrons. The number of aliphatic hydroxyl groups is 1. The van der Waals surface area contributed by atoms with E-state index in [9.17, 15) is 0 Å². The van der Waals surface area contributed by atoms with Crippen LogP contribution in [0.15, 0.2) is 0 Å². The molecule has 1 rings (SSSR count).